The van der Waals surface area contributed by atoms with Gasteiger partial charge in [-0.1, -0.05) is 6.92 Å². The van der Waals surface area contributed by atoms with Gasteiger partial charge in [-0.2, -0.15) is 9.97 Å². The summed E-state index contributed by atoms with van der Waals surface area (Å²) in [4.78, 5) is 20.1. The van der Waals surface area contributed by atoms with Crippen molar-refractivity contribution in [2.45, 2.75) is 45.2 Å². The summed E-state index contributed by atoms with van der Waals surface area (Å²) in [5, 5.41) is 9.14. The molecule has 1 amide bonds. The van der Waals surface area contributed by atoms with Crippen molar-refractivity contribution in [2.75, 3.05) is 22.9 Å². The molecule has 2 rings (SSSR count). The second-order valence-electron chi connectivity index (χ2n) is 5.07. The molecule has 0 saturated heterocycles. The Bertz CT molecular complexity index is 474. The Balaban J connectivity index is 1.96. The van der Waals surface area contributed by atoms with Gasteiger partial charge < -0.3 is 21.7 Å². The van der Waals surface area contributed by atoms with Gasteiger partial charge in [0.2, 0.25) is 11.9 Å². The third-order valence-corrected chi connectivity index (χ3v) is 2.98. The minimum Gasteiger partial charge on any atom is -0.370 e. The molecule has 1 atom stereocenters. The van der Waals surface area contributed by atoms with Gasteiger partial charge in [0.1, 0.15) is 17.7 Å². The molecule has 7 heteroatoms. The van der Waals surface area contributed by atoms with Crippen molar-refractivity contribution in [1.82, 2.24) is 15.3 Å². The van der Waals surface area contributed by atoms with Crippen molar-refractivity contribution in [3.05, 3.63) is 6.07 Å². The van der Waals surface area contributed by atoms with Crippen LogP contribution in [-0.2, 0) is 4.79 Å². The molecule has 1 aromatic heterocycles. The zero-order chi connectivity index (χ0) is 14.5. The fourth-order valence-electron chi connectivity index (χ4n) is 1.72. The molecular formula is C13H22N6O. The molecule has 0 spiro atoms. The van der Waals surface area contributed by atoms with Crippen molar-refractivity contribution in [1.29, 1.82) is 0 Å². The number of hydrogen-bond donors (Lipinski definition) is 4. The number of nitrogens with two attached hydrogens (primary N) is 1. The molecule has 0 radical (unpaired) electrons. The Kier molecular flexibility index (Phi) is 4.60. The first kappa shape index (κ1) is 14.4. The Hall–Kier alpha value is -2.05. The van der Waals surface area contributed by atoms with Gasteiger partial charge in [0.15, 0.2) is 0 Å². The van der Waals surface area contributed by atoms with Crippen molar-refractivity contribution in [2.24, 2.45) is 0 Å². The van der Waals surface area contributed by atoms with E-state index in [1.807, 2.05) is 0 Å². The molecule has 1 unspecified atom stereocenters. The molecule has 0 aromatic carbocycles. The third kappa shape index (κ3) is 4.25. The van der Waals surface area contributed by atoms with E-state index in [9.17, 15) is 4.79 Å². The van der Waals surface area contributed by atoms with Crippen LogP contribution in [0.5, 0.6) is 0 Å². The monoisotopic (exact) mass is 278 g/mol. The summed E-state index contributed by atoms with van der Waals surface area (Å²) < 4.78 is 0. The standard InChI is InChI=1S/C13H22N6O/c1-3-6-15-10-7-11(19-13(14)18-10)16-8(2)12(20)17-9-4-5-9/h7-9H,3-6H2,1-2H3,(H,17,20)(H4,14,15,16,18,19). The van der Waals surface area contributed by atoms with Crippen LogP contribution in [0.25, 0.3) is 0 Å². The Morgan fingerprint density at radius 3 is 2.80 bits per heavy atom. The number of aromatic nitrogens is 2. The smallest absolute Gasteiger partial charge is 0.242 e. The number of nitrogen functional groups attached to an aromatic ring is 1. The highest BCUT2D eigenvalue weighted by atomic mass is 16.2. The highest BCUT2D eigenvalue weighted by Gasteiger charge is 2.25. The minimum absolute atomic E-state index is 0.0206. The third-order valence-electron chi connectivity index (χ3n) is 2.98. The predicted molar refractivity (Wildman–Crippen MR) is 79.5 cm³/mol. The summed E-state index contributed by atoms with van der Waals surface area (Å²) in [5.74, 6) is 1.38. The molecule has 0 aliphatic heterocycles. The van der Waals surface area contributed by atoms with Crippen LogP contribution in [0.3, 0.4) is 0 Å². The summed E-state index contributed by atoms with van der Waals surface area (Å²) in [6.07, 6.45) is 3.14. The van der Waals surface area contributed by atoms with Gasteiger partial charge in [-0.25, -0.2) is 0 Å². The number of carbonyl (C=O) groups excluding carboxylic acids is 1. The van der Waals surface area contributed by atoms with E-state index in [2.05, 4.69) is 32.8 Å². The van der Waals surface area contributed by atoms with E-state index in [0.717, 1.165) is 25.8 Å². The topological polar surface area (TPSA) is 105 Å². The number of carbonyl (C=O) groups is 1. The van der Waals surface area contributed by atoms with Crippen molar-refractivity contribution >= 4 is 23.5 Å². The van der Waals surface area contributed by atoms with Crippen LogP contribution >= 0.6 is 0 Å². The maximum Gasteiger partial charge on any atom is 0.242 e. The molecule has 5 N–H and O–H groups in total. The fourth-order valence-corrected chi connectivity index (χ4v) is 1.72. The van der Waals surface area contributed by atoms with Crippen LogP contribution < -0.4 is 21.7 Å². The molecule has 1 aromatic rings. The van der Waals surface area contributed by atoms with Gasteiger partial charge in [-0.15, -0.1) is 0 Å². The molecule has 0 bridgehead atoms. The largest absolute Gasteiger partial charge is 0.370 e. The SMILES string of the molecule is CCCNc1cc(NC(C)C(=O)NC2CC2)nc(N)n1. The average molecular weight is 278 g/mol. The molecule has 20 heavy (non-hydrogen) atoms. The molecule has 110 valence electrons. The van der Waals surface area contributed by atoms with E-state index >= 15 is 0 Å². The second-order valence-corrected chi connectivity index (χ2v) is 5.07. The quantitative estimate of drug-likeness (QED) is 0.592. The lowest BCUT2D eigenvalue weighted by atomic mass is 10.3. The zero-order valence-corrected chi connectivity index (χ0v) is 11.9. The van der Waals surface area contributed by atoms with E-state index in [1.165, 1.54) is 0 Å². The number of nitrogens with one attached hydrogen (secondary N) is 3. The Morgan fingerprint density at radius 2 is 2.15 bits per heavy atom. The molecule has 1 saturated carbocycles. The maximum atomic E-state index is 11.9. The highest BCUT2D eigenvalue weighted by molar-refractivity contribution is 5.84. The molecule has 1 heterocycles. The number of rotatable bonds is 7. The summed E-state index contributed by atoms with van der Waals surface area (Å²) in [7, 11) is 0. The fraction of sp³-hybridized carbons (Fsp3) is 0.615. The Labute approximate surface area is 118 Å². The van der Waals surface area contributed by atoms with Gasteiger partial charge in [-0.05, 0) is 26.2 Å². The van der Waals surface area contributed by atoms with Gasteiger partial charge in [-0.3, -0.25) is 4.79 Å². The molecule has 1 aliphatic rings. The maximum absolute atomic E-state index is 11.9. The molecule has 1 aliphatic carbocycles. The van der Waals surface area contributed by atoms with Crippen LogP contribution in [0.15, 0.2) is 6.07 Å². The van der Waals surface area contributed by atoms with Crippen LogP contribution in [0.4, 0.5) is 17.6 Å². The summed E-state index contributed by atoms with van der Waals surface area (Å²) in [5.41, 5.74) is 5.67. The second kappa shape index (κ2) is 6.40. The van der Waals surface area contributed by atoms with E-state index in [4.69, 9.17) is 5.73 Å². The van der Waals surface area contributed by atoms with Crippen LogP contribution in [-0.4, -0.2) is 34.5 Å². The normalized spacial score (nSPS) is 15.5. The zero-order valence-electron chi connectivity index (χ0n) is 11.9. The van der Waals surface area contributed by atoms with Crippen molar-refractivity contribution in [3.8, 4) is 0 Å². The lowest BCUT2D eigenvalue weighted by molar-refractivity contribution is -0.121. The van der Waals surface area contributed by atoms with Crippen molar-refractivity contribution < 1.29 is 4.79 Å². The predicted octanol–water partition coefficient (Wildman–Crippen LogP) is 0.960. The summed E-state index contributed by atoms with van der Waals surface area (Å²) in [6.45, 7) is 4.68. The van der Waals surface area contributed by atoms with E-state index in [1.54, 1.807) is 13.0 Å². The lowest BCUT2D eigenvalue weighted by Gasteiger charge is -2.15. The average Bonchev–Trinajstić information content (AvgIpc) is 3.19. The van der Waals surface area contributed by atoms with Gasteiger partial charge in [0.05, 0.1) is 0 Å². The van der Waals surface area contributed by atoms with Crippen LogP contribution in [0.2, 0.25) is 0 Å². The highest BCUT2D eigenvalue weighted by Crippen LogP contribution is 2.19. The first-order valence-corrected chi connectivity index (χ1v) is 7.04. The number of hydrogen-bond acceptors (Lipinski definition) is 6. The first-order valence-electron chi connectivity index (χ1n) is 7.04. The summed E-state index contributed by atoms with van der Waals surface area (Å²) >= 11 is 0. The van der Waals surface area contributed by atoms with E-state index in [0.29, 0.717) is 17.7 Å². The Morgan fingerprint density at radius 1 is 1.45 bits per heavy atom. The van der Waals surface area contributed by atoms with Gasteiger partial charge in [0.25, 0.3) is 0 Å². The van der Waals surface area contributed by atoms with E-state index in [-0.39, 0.29) is 17.9 Å². The number of nitrogens with zero attached hydrogens (tertiary/aromatic N) is 2. The van der Waals surface area contributed by atoms with Crippen molar-refractivity contribution in [3.63, 3.8) is 0 Å². The van der Waals surface area contributed by atoms with Gasteiger partial charge >= 0.3 is 0 Å². The molecular weight excluding hydrogens is 256 g/mol. The van der Waals surface area contributed by atoms with Gasteiger partial charge in [0, 0.05) is 18.7 Å². The number of amides is 1. The minimum atomic E-state index is -0.357. The van der Waals surface area contributed by atoms with Crippen LogP contribution in [0.1, 0.15) is 33.1 Å². The number of anilines is 3. The molecule has 7 nitrogen and oxygen atoms in total. The molecule has 1 fully saturated rings. The lowest BCUT2D eigenvalue weighted by Crippen LogP contribution is -2.38. The van der Waals surface area contributed by atoms with E-state index < -0.39 is 0 Å². The van der Waals surface area contributed by atoms with Crippen LogP contribution in [0, 0.1) is 0 Å². The first-order chi connectivity index (χ1) is 9.58. The summed E-state index contributed by atoms with van der Waals surface area (Å²) in [6, 6.07) is 1.75.